The second-order valence-electron chi connectivity index (χ2n) is 11.7. The summed E-state index contributed by atoms with van der Waals surface area (Å²) in [5, 5.41) is 0. The van der Waals surface area contributed by atoms with Crippen LogP contribution in [0.3, 0.4) is 0 Å². The van der Waals surface area contributed by atoms with Crippen LogP contribution >= 0.6 is 0 Å². The lowest BCUT2D eigenvalue weighted by Gasteiger charge is -2.32. The number of nitrogens with zero attached hydrogens (tertiary/aromatic N) is 1. The molecule has 1 saturated heterocycles. The highest BCUT2D eigenvalue weighted by molar-refractivity contribution is 5.94. The summed E-state index contributed by atoms with van der Waals surface area (Å²) >= 11 is 0. The van der Waals surface area contributed by atoms with E-state index in [1.165, 1.54) is 6.92 Å². The van der Waals surface area contributed by atoms with Crippen molar-refractivity contribution < 1.29 is 51.2 Å². The molecule has 9 nitrogen and oxygen atoms in total. The van der Waals surface area contributed by atoms with Gasteiger partial charge >= 0.3 is 24.3 Å². The average molecular weight is 588 g/mol. The fraction of sp³-hybridized carbons (Fsp3) is 0.621. The Morgan fingerprint density at radius 2 is 1.54 bits per heavy atom. The van der Waals surface area contributed by atoms with Crippen LogP contribution in [0.5, 0.6) is 0 Å². The zero-order valence-corrected chi connectivity index (χ0v) is 24.5. The van der Waals surface area contributed by atoms with Crippen molar-refractivity contribution in [3.05, 3.63) is 48.0 Å². The first-order valence-electron chi connectivity index (χ1n) is 13.3. The molecule has 0 saturated carbocycles. The van der Waals surface area contributed by atoms with Gasteiger partial charge in [0.25, 0.3) is 0 Å². The molecule has 2 amide bonds. The predicted molar refractivity (Wildman–Crippen MR) is 143 cm³/mol. The number of imide groups is 1. The smallest absolute Gasteiger partial charge is 0.420 e. The van der Waals surface area contributed by atoms with Crippen LogP contribution < -0.4 is 0 Å². The minimum atomic E-state index is -4.51. The first-order chi connectivity index (χ1) is 18.9. The molecule has 1 aliphatic rings. The van der Waals surface area contributed by atoms with Crippen molar-refractivity contribution in [2.24, 2.45) is 5.92 Å². The second-order valence-corrected chi connectivity index (χ2v) is 11.7. The Balaban J connectivity index is 2.40. The maximum Gasteiger partial charge on any atom is 0.420 e. The maximum absolute atomic E-state index is 13.4. The number of carbonyl (C=O) groups is 3. The first-order valence-corrected chi connectivity index (χ1v) is 13.3. The van der Waals surface area contributed by atoms with Crippen molar-refractivity contribution in [2.45, 2.75) is 90.5 Å². The number of alkyl halides is 3. The lowest BCUT2D eigenvalue weighted by Crippen LogP contribution is -2.54. The minimum Gasteiger partial charge on any atom is -0.458 e. The van der Waals surface area contributed by atoms with E-state index in [0.717, 1.165) is 11.6 Å². The van der Waals surface area contributed by atoms with Gasteiger partial charge < -0.3 is 23.7 Å². The lowest BCUT2D eigenvalue weighted by molar-refractivity contribution is -0.163. The number of halogens is 3. The van der Waals surface area contributed by atoms with Crippen molar-refractivity contribution in [2.75, 3.05) is 19.8 Å². The molecular weight excluding hydrogens is 547 g/mol. The fourth-order valence-electron chi connectivity index (χ4n) is 4.05. The third-order valence-electron chi connectivity index (χ3n) is 5.63. The molecule has 41 heavy (non-hydrogen) atoms. The van der Waals surface area contributed by atoms with Gasteiger partial charge in [0, 0.05) is 12.0 Å². The summed E-state index contributed by atoms with van der Waals surface area (Å²) in [7, 11) is 0. The molecular formula is C29H40F3NO8. The van der Waals surface area contributed by atoms with E-state index in [4.69, 9.17) is 23.7 Å². The van der Waals surface area contributed by atoms with E-state index in [1.807, 2.05) is 30.3 Å². The van der Waals surface area contributed by atoms with Crippen molar-refractivity contribution in [3.8, 4) is 0 Å². The highest BCUT2D eigenvalue weighted by Crippen LogP contribution is 2.25. The normalized spacial score (nSPS) is 22.7. The summed E-state index contributed by atoms with van der Waals surface area (Å²) in [5.74, 6) is -1.45. The number of benzene rings is 1. The van der Waals surface area contributed by atoms with Gasteiger partial charge in [-0.3, -0.25) is 0 Å². The Morgan fingerprint density at radius 3 is 2.05 bits per heavy atom. The van der Waals surface area contributed by atoms with Gasteiger partial charge in [0.15, 0.2) is 6.04 Å². The Hall–Kier alpha value is -3.12. The number of amides is 2. The largest absolute Gasteiger partial charge is 0.458 e. The average Bonchev–Trinajstić information content (AvgIpc) is 2.84. The summed E-state index contributed by atoms with van der Waals surface area (Å²) < 4.78 is 66.0. The zero-order chi connectivity index (χ0) is 31.0. The molecule has 12 heteroatoms. The molecule has 0 N–H and O–H groups in total. The van der Waals surface area contributed by atoms with Gasteiger partial charge in [-0.25, -0.2) is 14.4 Å². The molecule has 0 radical (unpaired) electrons. The molecule has 1 aromatic rings. The maximum atomic E-state index is 13.4. The van der Waals surface area contributed by atoms with E-state index in [0.29, 0.717) is 11.3 Å². The van der Waals surface area contributed by atoms with Crippen LogP contribution in [0, 0.1) is 5.92 Å². The zero-order valence-electron chi connectivity index (χ0n) is 24.5. The molecule has 1 aromatic carbocycles. The minimum absolute atomic E-state index is 0.0174. The highest BCUT2D eigenvalue weighted by Gasteiger charge is 2.44. The molecule has 2 rings (SSSR count). The van der Waals surface area contributed by atoms with E-state index < -0.39 is 72.9 Å². The van der Waals surface area contributed by atoms with Crippen molar-refractivity contribution in [3.63, 3.8) is 0 Å². The molecule has 0 bridgehead atoms. The van der Waals surface area contributed by atoms with Crippen molar-refractivity contribution in [1.29, 1.82) is 0 Å². The molecule has 4 atom stereocenters. The molecule has 1 aliphatic heterocycles. The summed E-state index contributed by atoms with van der Waals surface area (Å²) in [4.78, 5) is 40.2. The van der Waals surface area contributed by atoms with Gasteiger partial charge in [0.05, 0.1) is 25.9 Å². The molecule has 1 fully saturated rings. The number of rotatable bonds is 6. The Labute approximate surface area is 238 Å². The molecule has 0 spiro atoms. The summed E-state index contributed by atoms with van der Waals surface area (Å²) in [5.41, 5.74) is -1.10. The molecule has 0 aliphatic carbocycles. The van der Waals surface area contributed by atoms with Crippen LogP contribution in [-0.2, 0) is 34.9 Å². The fourth-order valence-corrected chi connectivity index (χ4v) is 4.05. The van der Waals surface area contributed by atoms with Crippen LogP contribution in [0.4, 0.5) is 22.8 Å². The van der Waals surface area contributed by atoms with E-state index in [1.54, 1.807) is 41.5 Å². The summed E-state index contributed by atoms with van der Waals surface area (Å²) in [6.07, 6.45) is -7.35. The van der Waals surface area contributed by atoms with Gasteiger partial charge in [-0.05, 0) is 60.5 Å². The van der Waals surface area contributed by atoms with E-state index in [2.05, 4.69) is 0 Å². The van der Waals surface area contributed by atoms with E-state index in [-0.39, 0.29) is 12.7 Å². The Kier molecular flexibility index (Phi) is 11.8. The van der Waals surface area contributed by atoms with E-state index >= 15 is 0 Å². The van der Waals surface area contributed by atoms with Crippen LogP contribution in [0.1, 0.15) is 54.0 Å². The van der Waals surface area contributed by atoms with Crippen LogP contribution in [-0.4, -0.2) is 78.5 Å². The number of hydrogen-bond acceptors (Lipinski definition) is 8. The number of hydrogen-bond donors (Lipinski definition) is 0. The Bertz CT molecular complexity index is 1020. The summed E-state index contributed by atoms with van der Waals surface area (Å²) in [6.45, 7) is 10.3. The number of cyclic esters (lactones) is 1. The van der Waals surface area contributed by atoms with Gasteiger partial charge in [-0.15, -0.1) is 0 Å². The van der Waals surface area contributed by atoms with Crippen molar-refractivity contribution in [1.82, 2.24) is 4.90 Å². The molecule has 0 unspecified atom stereocenters. The summed E-state index contributed by atoms with van der Waals surface area (Å²) in [6, 6.07) is 7.71. The van der Waals surface area contributed by atoms with Gasteiger partial charge in [0.2, 0.25) is 0 Å². The molecule has 1 heterocycles. The topological polar surface area (TPSA) is 101 Å². The van der Waals surface area contributed by atoms with E-state index in [9.17, 15) is 27.6 Å². The third kappa shape index (κ3) is 12.1. The molecule has 0 aromatic heterocycles. The standard InChI is InChI=1S/C29H40F3NO8/c1-19-23(38-15-11-14-29(30,31)32)21(16-20-12-9-8-10-13-20)17-37-18-22(24(34)39-19)33(25(35)40-27(2,3)4)26(36)41-28(5,6)7/h8-14,19,21-23H,15-18H2,1-7H3/t19-,21-,22-,23-/m0/s1. The monoisotopic (exact) mass is 587 g/mol. The third-order valence-corrected chi connectivity index (χ3v) is 5.63. The number of carbonyl (C=O) groups excluding carboxylic acids is 3. The van der Waals surface area contributed by atoms with Crippen LogP contribution in [0.25, 0.3) is 0 Å². The first kappa shape index (κ1) is 34.1. The van der Waals surface area contributed by atoms with Gasteiger partial charge in [-0.1, -0.05) is 36.4 Å². The number of esters is 1. The Morgan fingerprint density at radius 1 is 0.976 bits per heavy atom. The van der Waals surface area contributed by atoms with Crippen LogP contribution in [0.15, 0.2) is 42.5 Å². The van der Waals surface area contributed by atoms with Gasteiger partial charge in [-0.2, -0.15) is 18.1 Å². The van der Waals surface area contributed by atoms with Crippen molar-refractivity contribution >= 4 is 18.2 Å². The number of allylic oxidation sites excluding steroid dienone is 1. The highest BCUT2D eigenvalue weighted by atomic mass is 19.4. The predicted octanol–water partition coefficient (Wildman–Crippen LogP) is 5.85. The molecule has 230 valence electrons. The quantitative estimate of drug-likeness (QED) is 0.232. The lowest BCUT2D eigenvalue weighted by atomic mass is 9.91. The van der Waals surface area contributed by atoms with Crippen LogP contribution in [0.2, 0.25) is 0 Å². The SMILES string of the molecule is C[C@@H]1OC(=O)[C@@H](N(C(=O)OC(C)(C)C)C(=O)OC(C)(C)C)COC[C@H](Cc2ccccc2)[C@H]1OCC=CC(F)(F)F. The number of ether oxygens (including phenoxy) is 5. The van der Waals surface area contributed by atoms with Gasteiger partial charge in [0.1, 0.15) is 17.3 Å². The second kappa shape index (κ2) is 14.2.